The summed E-state index contributed by atoms with van der Waals surface area (Å²) in [4.78, 5) is 12.5. The normalized spacial score (nSPS) is 13.4. The van der Waals surface area contributed by atoms with Gasteiger partial charge in [0.1, 0.15) is 0 Å². The molecule has 0 fully saturated rings. The van der Waals surface area contributed by atoms with Crippen molar-refractivity contribution >= 4 is 28.5 Å². The van der Waals surface area contributed by atoms with Crippen LogP contribution in [0.3, 0.4) is 0 Å². The molecule has 0 radical (unpaired) electrons. The number of H-pyrrole nitrogens is 1. The Kier molecular flexibility index (Phi) is 3.07. The third kappa shape index (κ3) is 2.49. The average molecular weight is 296 g/mol. The van der Waals surface area contributed by atoms with E-state index < -0.39 is 0 Å². The highest BCUT2D eigenvalue weighted by molar-refractivity contribution is 7.98. The summed E-state index contributed by atoms with van der Waals surface area (Å²) in [6.07, 6.45) is 3.00. The maximum absolute atomic E-state index is 4.66. The van der Waals surface area contributed by atoms with Gasteiger partial charge in [-0.3, -0.25) is 4.98 Å². The van der Waals surface area contributed by atoms with Gasteiger partial charge in [0.2, 0.25) is 0 Å². The second-order valence-electron chi connectivity index (χ2n) is 5.36. The van der Waals surface area contributed by atoms with Gasteiger partial charge in [0, 0.05) is 24.2 Å². The standard InChI is InChI=1S/C16H16N4S/c1-10-2-3-12(18-8-10)9-21-16-19-14-6-11-4-5-17-13(11)7-15(14)20-16/h2-3,6-8,17H,4-5,9H2,1H3,(H,19,20). The second-order valence-corrected chi connectivity index (χ2v) is 6.32. The van der Waals surface area contributed by atoms with E-state index in [0.29, 0.717) is 0 Å². The number of hydrogen-bond acceptors (Lipinski definition) is 4. The molecule has 106 valence electrons. The Balaban J connectivity index is 1.55. The van der Waals surface area contributed by atoms with Gasteiger partial charge in [0.15, 0.2) is 5.16 Å². The third-order valence-corrected chi connectivity index (χ3v) is 4.63. The van der Waals surface area contributed by atoms with Crippen molar-refractivity contribution in [3.05, 3.63) is 47.3 Å². The van der Waals surface area contributed by atoms with Crippen molar-refractivity contribution in [1.82, 2.24) is 15.0 Å². The van der Waals surface area contributed by atoms with Crippen LogP contribution >= 0.6 is 11.8 Å². The smallest absolute Gasteiger partial charge is 0.166 e. The molecule has 0 bridgehead atoms. The Morgan fingerprint density at radius 3 is 3.10 bits per heavy atom. The summed E-state index contributed by atoms with van der Waals surface area (Å²) < 4.78 is 0. The molecule has 2 aromatic heterocycles. The number of aromatic amines is 1. The predicted molar refractivity (Wildman–Crippen MR) is 86.8 cm³/mol. The lowest BCUT2D eigenvalue weighted by Crippen LogP contribution is -1.90. The van der Waals surface area contributed by atoms with E-state index in [1.807, 2.05) is 6.20 Å². The Bertz CT molecular complexity index is 751. The molecule has 3 heterocycles. The van der Waals surface area contributed by atoms with Gasteiger partial charge in [0.05, 0.1) is 16.7 Å². The molecule has 0 spiro atoms. The number of benzene rings is 1. The molecule has 0 saturated carbocycles. The van der Waals surface area contributed by atoms with Crippen molar-refractivity contribution in [3.8, 4) is 0 Å². The monoisotopic (exact) mass is 296 g/mol. The first kappa shape index (κ1) is 12.7. The summed E-state index contributed by atoms with van der Waals surface area (Å²) >= 11 is 1.69. The van der Waals surface area contributed by atoms with Crippen molar-refractivity contribution < 1.29 is 0 Å². The first-order chi connectivity index (χ1) is 10.3. The van der Waals surface area contributed by atoms with Crippen molar-refractivity contribution in [1.29, 1.82) is 0 Å². The Morgan fingerprint density at radius 2 is 2.24 bits per heavy atom. The van der Waals surface area contributed by atoms with Crippen LogP contribution in [-0.4, -0.2) is 21.5 Å². The summed E-state index contributed by atoms with van der Waals surface area (Å²) in [5, 5.41) is 4.35. The predicted octanol–water partition coefficient (Wildman–Crippen LogP) is 3.53. The number of nitrogens with one attached hydrogen (secondary N) is 2. The van der Waals surface area contributed by atoms with Crippen LogP contribution in [0.15, 0.2) is 35.6 Å². The van der Waals surface area contributed by atoms with E-state index in [-0.39, 0.29) is 0 Å². The maximum atomic E-state index is 4.66. The number of hydrogen-bond donors (Lipinski definition) is 2. The fourth-order valence-electron chi connectivity index (χ4n) is 2.58. The van der Waals surface area contributed by atoms with Crippen LogP contribution in [-0.2, 0) is 12.2 Å². The van der Waals surface area contributed by atoms with Crippen molar-refractivity contribution in [2.24, 2.45) is 0 Å². The zero-order chi connectivity index (χ0) is 14.2. The highest BCUT2D eigenvalue weighted by Crippen LogP contribution is 2.29. The summed E-state index contributed by atoms with van der Waals surface area (Å²) in [5.74, 6) is 0.831. The summed E-state index contributed by atoms with van der Waals surface area (Å²) in [6.45, 7) is 3.08. The number of imidazole rings is 1. The van der Waals surface area contributed by atoms with Crippen molar-refractivity contribution in [2.45, 2.75) is 24.3 Å². The molecule has 1 aliphatic heterocycles. The van der Waals surface area contributed by atoms with Crippen LogP contribution in [0.2, 0.25) is 0 Å². The quantitative estimate of drug-likeness (QED) is 0.726. The fourth-order valence-corrected chi connectivity index (χ4v) is 3.38. The molecule has 21 heavy (non-hydrogen) atoms. The molecule has 0 saturated heterocycles. The number of pyridine rings is 1. The lowest BCUT2D eigenvalue weighted by Gasteiger charge is -1.98. The number of fused-ring (bicyclic) bond motifs is 2. The molecule has 0 unspecified atom stereocenters. The van der Waals surface area contributed by atoms with Crippen LogP contribution in [0.1, 0.15) is 16.8 Å². The van der Waals surface area contributed by atoms with Gasteiger partial charge in [0.25, 0.3) is 0 Å². The third-order valence-electron chi connectivity index (χ3n) is 3.72. The van der Waals surface area contributed by atoms with Gasteiger partial charge < -0.3 is 10.3 Å². The molecule has 3 aromatic rings. The first-order valence-electron chi connectivity index (χ1n) is 7.09. The molecule has 4 nitrogen and oxygen atoms in total. The molecule has 2 N–H and O–H groups in total. The molecular weight excluding hydrogens is 280 g/mol. The minimum atomic E-state index is 0.831. The lowest BCUT2D eigenvalue weighted by atomic mass is 10.1. The summed E-state index contributed by atoms with van der Waals surface area (Å²) in [7, 11) is 0. The summed E-state index contributed by atoms with van der Waals surface area (Å²) in [6, 6.07) is 8.52. The van der Waals surface area contributed by atoms with Gasteiger partial charge in [-0.05, 0) is 42.7 Å². The van der Waals surface area contributed by atoms with E-state index in [1.54, 1.807) is 11.8 Å². The van der Waals surface area contributed by atoms with Gasteiger partial charge >= 0.3 is 0 Å². The highest BCUT2D eigenvalue weighted by Gasteiger charge is 2.13. The summed E-state index contributed by atoms with van der Waals surface area (Å²) in [5.41, 5.74) is 7.03. The van der Waals surface area contributed by atoms with E-state index in [1.165, 1.54) is 16.8 Å². The zero-order valence-corrected chi connectivity index (χ0v) is 12.6. The van der Waals surface area contributed by atoms with E-state index in [2.05, 4.69) is 51.5 Å². The number of rotatable bonds is 3. The first-order valence-corrected chi connectivity index (χ1v) is 8.07. The maximum Gasteiger partial charge on any atom is 0.166 e. The molecule has 0 amide bonds. The molecule has 0 aliphatic carbocycles. The van der Waals surface area contributed by atoms with Crippen molar-refractivity contribution in [3.63, 3.8) is 0 Å². The molecule has 0 atom stereocenters. The van der Waals surface area contributed by atoms with E-state index >= 15 is 0 Å². The Morgan fingerprint density at radius 1 is 1.29 bits per heavy atom. The van der Waals surface area contributed by atoms with E-state index in [9.17, 15) is 0 Å². The minimum Gasteiger partial charge on any atom is -0.384 e. The van der Waals surface area contributed by atoms with Gasteiger partial charge in [-0.2, -0.15) is 0 Å². The molecule has 5 heteroatoms. The van der Waals surface area contributed by atoms with Crippen LogP contribution in [0.25, 0.3) is 11.0 Å². The molecular formula is C16H16N4S. The average Bonchev–Trinajstić information content (AvgIpc) is 3.09. The molecule has 1 aromatic carbocycles. The SMILES string of the molecule is Cc1ccc(CSc2nc3cc4c(cc3[nH]2)CCN4)nc1. The van der Waals surface area contributed by atoms with Crippen LogP contribution < -0.4 is 5.32 Å². The van der Waals surface area contributed by atoms with Crippen LogP contribution in [0.4, 0.5) is 5.69 Å². The highest BCUT2D eigenvalue weighted by atomic mass is 32.2. The topological polar surface area (TPSA) is 53.6 Å². The van der Waals surface area contributed by atoms with Gasteiger partial charge in [-0.15, -0.1) is 0 Å². The largest absolute Gasteiger partial charge is 0.384 e. The Labute approximate surface area is 127 Å². The van der Waals surface area contributed by atoms with Crippen LogP contribution in [0.5, 0.6) is 0 Å². The van der Waals surface area contributed by atoms with Gasteiger partial charge in [-0.25, -0.2) is 4.98 Å². The van der Waals surface area contributed by atoms with Crippen LogP contribution in [0, 0.1) is 6.92 Å². The van der Waals surface area contributed by atoms with Gasteiger partial charge in [-0.1, -0.05) is 17.8 Å². The number of anilines is 1. The number of aromatic nitrogens is 3. The Hall–Kier alpha value is -2.01. The molecule has 1 aliphatic rings. The van der Waals surface area contributed by atoms with E-state index in [4.69, 9.17) is 0 Å². The van der Waals surface area contributed by atoms with E-state index in [0.717, 1.165) is 40.6 Å². The second kappa shape index (κ2) is 5.07. The fraction of sp³-hybridized carbons (Fsp3) is 0.250. The molecule has 4 rings (SSSR count). The number of nitrogens with zero attached hydrogens (tertiary/aromatic N) is 2. The zero-order valence-electron chi connectivity index (χ0n) is 11.8. The number of aryl methyl sites for hydroxylation is 1. The minimum absolute atomic E-state index is 0.831. The lowest BCUT2D eigenvalue weighted by molar-refractivity contribution is 1.07. The number of thioether (sulfide) groups is 1. The van der Waals surface area contributed by atoms with Crippen molar-refractivity contribution in [2.75, 3.05) is 11.9 Å².